The minimum atomic E-state index is -0.192. The van der Waals surface area contributed by atoms with Gasteiger partial charge in [-0.1, -0.05) is 6.92 Å². The number of anilines is 1. The maximum Gasteiger partial charge on any atom is 0.305 e. The van der Waals surface area contributed by atoms with Crippen LogP contribution in [0.3, 0.4) is 0 Å². The van der Waals surface area contributed by atoms with E-state index < -0.39 is 0 Å². The Morgan fingerprint density at radius 2 is 0.776 bits per heavy atom. The molecular formula is C34H59NO14. The summed E-state index contributed by atoms with van der Waals surface area (Å²) >= 11 is 0. The Labute approximate surface area is 291 Å². The van der Waals surface area contributed by atoms with Crippen molar-refractivity contribution in [2.45, 2.75) is 26.7 Å². The fourth-order valence-electron chi connectivity index (χ4n) is 3.63. The van der Waals surface area contributed by atoms with Gasteiger partial charge in [-0.2, -0.15) is 0 Å². The van der Waals surface area contributed by atoms with Crippen LogP contribution in [-0.2, 0) is 61.7 Å². The average Bonchev–Trinajstić information content (AvgIpc) is 3.09. The van der Waals surface area contributed by atoms with Gasteiger partial charge in [-0.25, -0.2) is 0 Å². The smallest absolute Gasteiger partial charge is 0.305 e. The molecule has 0 aliphatic heterocycles. The summed E-state index contributed by atoms with van der Waals surface area (Å²) in [6.07, 6.45) is 1.22. The molecular weight excluding hydrogens is 646 g/mol. The zero-order chi connectivity index (χ0) is 35.3. The van der Waals surface area contributed by atoms with Crippen LogP contribution >= 0.6 is 0 Å². The number of ether oxygens (including phenoxy) is 12. The Hall–Kier alpha value is -2.44. The van der Waals surface area contributed by atoms with Gasteiger partial charge in [-0.15, -0.1) is 0 Å². The number of nitrogens with one attached hydrogen (secondary N) is 1. The third-order valence-corrected chi connectivity index (χ3v) is 5.96. The first-order chi connectivity index (χ1) is 24.1. The predicted molar refractivity (Wildman–Crippen MR) is 180 cm³/mol. The second kappa shape index (κ2) is 35.4. The third-order valence-electron chi connectivity index (χ3n) is 5.96. The molecule has 0 radical (unpaired) electrons. The van der Waals surface area contributed by atoms with Gasteiger partial charge in [0.25, 0.3) is 0 Å². The van der Waals surface area contributed by atoms with Crippen LogP contribution in [0.2, 0.25) is 0 Å². The van der Waals surface area contributed by atoms with Gasteiger partial charge in [0, 0.05) is 19.0 Å². The molecule has 0 aliphatic rings. The SMILES string of the molecule is CCCC(=O)OCCOCCOCCOCCOCCOCCOCCOCCOCCOCCOCCOc1ccc(NC(C)=O)cc1. The van der Waals surface area contributed by atoms with Gasteiger partial charge in [0.1, 0.15) is 19.0 Å². The van der Waals surface area contributed by atoms with E-state index >= 15 is 0 Å². The van der Waals surface area contributed by atoms with E-state index in [1.807, 2.05) is 6.92 Å². The van der Waals surface area contributed by atoms with Crippen molar-refractivity contribution in [1.82, 2.24) is 0 Å². The lowest BCUT2D eigenvalue weighted by Gasteiger charge is -2.09. The summed E-state index contributed by atoms with van der Waals surface area (Å²) in [7, 11) is 0. The molecule has 1 aromatic rings. The number of esters is 1. The van der Waals surface area contributed by atoms with E-state index in [2.05, 4.69) is 5.32 Å². The lowest BCUT2D eigenvalue weighted by atomic mass is 10.3. The van der Waals surface area contributed by atoms with Crippen molar-refractivity contribution in [3.63, 3.8) is 0 Å². The normalized spacial score (nSPS) is 11.1. The summed E-state index contributed by atoms with van der Waals surface area (Å²) in [5, 5.41) is 2.71. The Balaban J connectivity index is 1.66. The standard InChI is InChI=1S/C34H59NO14/c1-3-4-34(37)49-30-28-47-26-24-45-22-20-43-18-16-41-14-12-39-10-9-38-11-13-40-15-17-42-19-21-44-23-25-46-27-29-48-33-7-5-32(6-8-33)35-31(2)36/h5-8H,3-4,9-30H2,1-2H3,(H,35,36). The fourth-order valence-corrected chi connectivity index (χ4v) is 3.63. The Bertz CT molecular complexity index is 877. The zero-order valence-corrected chi connectivity index (χ0v) is 29.5. The number of benzene rings is 1. The van der Waals surface area contributed by atoms with Gasteiger partial charge in [0.05, 0.1) is 132 Å². The average molecular weight is 706 g/mol. The number of hydrogen-bond acceptors (Lipinski definition) is 14. The van der Waals surface area contributed by atoms with Crippen LogP contribution in [0.5, 0.6) is 5.75 Å². The molecule has 0 atom stereocenters. The second-order valence-electron chi connectivity index (χ2n) is 10.1. The summed E-state index contributed by atoms with van der Waals surface area (Å²) in [6.45, 7) is 13.6. The van der Waals surface area contributed by atoms with Crippen LogP contribution in [-0.4, -0.2) is 157 Å². The summed E-state index contributed by atoms with van der Waals surface area (Å²) in [4.78, 5) is 22.2. The summed E-state index contributed by atoms with van der Waals surface area (Å²) in [6, 6.07) is 7.17. The van der Waals surface area contributed by atoms with E-state index in [0.717, 1.165) is 12.1 Å². The molecule has 0 saturated carbocycles. The van der Waals surface area contributed by atoms with E-state index in [1.54, 1.807) is 24.3 Å². The predicted octanol–water partition coefficient (Wildman–Crippen LogP) is 2.53. The van der Waals surface area contributed by atoms with Crippen molar-refractivity contribution in [3.8, 4) is 5.75 Å². The lowest BCUT2D eigenvalue weighted by molar-refractivity contribution is -0.145. The van der Waals surface area contributed by atoms with Crippen LogP contribution in [0, 0.1) is 0 Å². The van der Waals surface area contributed by atoms with Crippen molar-refractivity contribution in [3.05, 3.63) is 24.3 Å². The number of amides is 1. The highest BCUT2D eigenvalue weighted by Crippen LogP contribution is 2.15. The topological polar surface area (TPSA) is 157 Å². The molecule has 0 heterocycles. The molecule has 0 fully saturated rings. The maximum atomic E-state index is 11.2. The molecule has 49 heavy (non-hydrogen) atoms. The van der Waals surface area contributed by atoms with Gasteiger partial charge < -0.3 is 62.2 Å². The number of hydrogen-bond donors (Lipinski definition) is 1. The van der Waals surface area contributed by atoms with Gasteiger partial charge in [-0.05, 0) is 30.7 Å². The van der Waals surface area contributed by atoms with E-state index in [4.69, 9.17) is 56.8 Å². The van der Waals surface area contributed by atoms with Crippen LogP contribution in [0.4, 0.5) is 5.69 Å². The minimum absolute atomic E-state index is 0.111. The van der Waals surface area contributed by atoms with Crippen LogP contribution in [0.15, 0.2) is 24.3 Å². The van der Waals surface area contributed by atoms with Crippen LogP contribution in [0.25, 0.3) is 0 Å². The fraction of sp³-hybridized carbons (Fsp3) is 0.765. The maximum absolute atomic E-state index is 11.2. The zero-order valence-electron chi connectivity index (χ0n) is 29.5. The first kappa shape index (κ1) is 44.6. The van der Waals surface area contributed by atoms with Gasteiger partial charge in [-0.3, -0.25) is 9.59 Å². The Morgan fingerprint density at radius 3 is 1.08 bits per heavy atom. The van der Waals surface area contributed by atoms with Crippen LogP contribution in [0.1, 0.15) is 26.7 Å². The molecule has 15 heteroatoms. The van der Waals surface area contributed by atoms with E-state index in [0.29, 0.717) is 151 Å². The molecule has 0 aromatic heterocycles. The highest BCUT2D eigenvalue weighted by molar-refractivity contribution is 5.88. The highest BCUT2D eigenvalue weighted by atomic mass is 16.6. The number of rotatable bonds is 37. The first-order valence-electron chi connectivity index (χ1n) is 17.0. The van der Waals surface area contributed by atoms with Crippen molar-refractivity contribution >= 4 is 17.6 Å². The van der Waals surface area contributed by atoms with E-state index in [9.17, 15) is 9.59 Å². The molecule has 1 amide bonds. The largest absolute Gasteiger partial charge is 0.491 e. The van der Waals surface area contributed by atoms with Gasteiger partial charge in [0.2, 0.25) is 5.91 Å². The molecule has 0 saturated heterocycles. The molecule has 284 valence electrons. The molecule has 1 rings (SSSR count). The molecule has 0 aliphatic carbocycles. The highest BCUT2D eigenvalue weighted by Gasteiger charge is 2.01. The van der Waals surface area contributed by atoms with E-state index in [1.165, 1.54) is 6.92 Å². The molecule has 1 aromatic carbocycles. The molecule has 0 bridgehead atoms. The van der Waals surface area contributed by atoms with E-state index in [-0.39, 0.29) is 18.5 Å². The molecule has 0 unspecified atom stereocenters. The monoisotopic (exact) mass is 705 g/mol. The number of carbonyl (C=O) groups is 2. The summed E-state index contributed by atoms with van der Waals surface area (Å²) < 4.78 is 65.1. The summed E-state index contributed by atoms with van der Waals surface area (Å²) in [5.74, 6) is 0.411. The van der Waals surface area contributed by atoms with Gasteiger partial charge in [0.15, 0.2) is 0 Å². The molecule has 1 N–H and O–H groups in total. The molecule has 0 spiro atoms. The lowest BCUT2D eigenvalue weighted by Crippen LogP contribution is -2.15. The van der Waals surface area contributed by atoms with Crippen molar-refractivity contribution in [1.29, 1.82) is 0 Å². The second-order valence-corrected chi connectivity index (χ2v) is 10.1. The van der Waals surface area contributed by atoms with Crippen molar-refractivity contribution in [2.24, 2.45) is 0 Å². The third kappa shape index (κ3) is 32.5. The Kier molecular flexibility index (Phi) is 32.2. The van der Waals surface area contributed by atoms with Crippen molar-refractivity contribution < 1.29 is 66.4 Å². The minimum Gasteiger partial charge on any atom is -0.491 e. The van der Waals surface area contributed by atoms with Gasteiger partial charge >= 0.3 is 5.97 Å². The van der Waals surface area contributed by atoms with Crippen LogP contribution < -0.4 is 10.1 Å². The Morgan fingerprint density at radius 1 is 0.469 bits per heavy atom. The van der Waals surface area contributed by atoms with Crippen molar-refractivity contribution in [2.75, 3.05) is 151 Å². The number of carbonyl (C=O) groups excluding carboxylic acids is 2. The quantitative estimate of drug-likeness (QED) is 0.0796. The first-order valence-corrected chi connectivity index (χ1v) is 17.0. The molecule has 15 nitrogen and oxygen atoms in total. The summed E-state index contributed by atoms with van der Waals surface area (Å²) in [5.41, 5.74) is 0.729.